The molecule has 0 spiro atoms. The Morgan fingerprint density at radius 3 is 2.72 bits per heavy atom. The van der Waals surface area contributed by atoms with E-state index in [1.54, 1.807) is 6.07 Å². The maximum absolute atomic E-state index is 10.8. The third kappa shape index (κ3) is 4.38. The monoisotopic (exact) mass is 253 g/mol. The number of ether oxygens (including phenoxy) is 1. The van der Waals surface area contributed by atoms with Gasteiger partial charge < -0.3 is 20.9 Å². The number of aliphatic carboxylic acids is 1. The van der Waals surface area contributed by atoms with Crippen LogP contribution in [0.15, 0.2) is 18.3 Å². The largest absolute Gasteiger partial charge is 0.481 e. The third-order valence-electron chi connectivity index (χ3n) is 2.29. The van der Waals surface area contributed by atoms with E-state index >= 15 is 0 Å². The molecule has 7 heteroatoms. The lowest BCUT2D eigenvalue weighted by atomic mass is 10.2. The number of carboxylic acids is 1. The van der Waals surface area contributed by atoms with E-state index in [1.165, 1.54) is 19.4 Å². The summed E-state index contributed by atoms with van der Waals surface area (Å²) < 4.78 is 5.00. The first-order valence-corrected chi connectivity index (χ1v) is 5.27. The zero-order valence-electron chi connectivity index (χ0n) is 9.92. The number of nitrogens with one attached hydrogen (secondary N) is 1. The lowest BCUT2D eigenvalue weighted by Crippen LogP contribution is -2.25. The van der Waals surface area contributed by atoms with Crippen molar-refractivity contribution in [1.29, 1.82) is 0 Å². The molecule has 98 valence electrons. The average molecular weight is 253 g/mol. The molecule has 1 rings (SSSR count). The number of primary amides is 1. The Kier molecular flexibility index (Phi) is 5.06. The van der Waals surface area contributed by atoms with E-state index in [0.717, 1.165) is 0 Å². The fraction of sp³-hybridized carbons (Fsp3) is 0.364. The highest BCUT2D eigenvalue weighted by Crippen LogP contribution is 2.06. The van der Waals surface area contributed by atoms with Gasteiger partial charge in [-0.3, -0.25) is 9.59 Å². The first-order chi connectivity index (χ1) is 8.52. The van der Waals surface area contributed by atoms with Crippen LogP contribution in [-0.2, 0) is 9.53 Å². The summed E-state index contributed by atoms with van der Waals surface area (Å²) >= 11 is 0. The summed E-state index contributed by atoms with van der Waals surface area (Å²) in [4.78, 5) is 25.3. The van der Waals surface area contributed by atoms with Gasteiger partial charge in [0, 0.05) is 19.9 Å². The van der Waals surface area contributed by atoms with Crippen LogP contribution in [0.4, 0.5) is 5.82 Å². The fourth-order valence-electron chi connectivity index (χ4n) is 1.30. The van der Waals surface area contributed by atoms with Crippen LogP contribution >= 0.6 is 0 Å². The van der Waals surface area contributed by atoms with Gasteiger partial charge in [0.2, 0.25) is 5.91 Å². The van der Waals surface area contributed by atoms with Crippen molar-refractivity contribution >= 4 is 17.7 Å². The van der Waals surface area contributed by atoms with Gasteiger partial charge in [-0.15, -0.1) is 0 Å². The van der Waals surface area contributed by atoms with Crippen molar-refractivity contribution in [3.8, 4) is 0 Å². The summed E-state index contributed by atoms with van der Waals surface area (Å²) in [6, 6.07) is 3.13. The quantitative estimate of drug-likeness (QED) is 0.634. The number of nitrogens with two attached hydrogens (primary N) is 1. The van der Waals surface area contributed by atoms with Gasteiger partial charge in [0.05, 0.1) is 18.1 Å². The number of hydrogen-bond donors (Lipinski definition) is 3. The average Bonchev–Trinajstić information content (AvgIpc) is 2.34. The van der Waals surface area contributed by atoms with Gasteiger partial charge >= 0.3 is 5.97 Å². The molecule has 1 unspecified atom stereocenters. The maximum Gasteiger partial charge on any atom is 0.306 e. The summed E-state index contributed by atoms with van der Waals surface area (Å²) in [7, 11) is 1.44. The number of amides is 1. The van der Waals surface area contributed by atoms with Crippen molar-refractivity contribution in [1.82, 2.24) is 4.98 Å². The predicted molar refractivity (Wildman–Crippen MR) is 64.3 cm³/mol. The molecule has 0 fully saturated rings. The lowest BCUT2D eigenvalue weighted by molar-refractivity contribution is -0.139. The SMILES string of the molecule is COC(CNc1ccc(C(N)=O)cn1)CC(=O)O. The molecule has 0 saturated heterocycles. The minimum absolute atomic E-state index is 0.0944. The summed E-state index contributed by atoms with van der Waals surface area (Å²) in [6.07, 6.45) is 0.812. The van der Waals surface area contributed by atoms with Crippen molar-refractivity contribution in [2.45, 2.75) is 12.5 Å². The number of carboxylic acid groups (broad SMARTS) is 1. The lowest BCUT2D eigenvalue weighted by Gasteiger charge is -2.14. The molecule has 0 aliphatic carbocycles. The standard InChI is InChI=1S/C11H15N3O4/c1-18-8(4-10(15)16)6-14-9-3-2-7(5-13-9)11(12)17/h2-3,5,8H,4,6H2,1H3,(H2,12,17)(H,13,14)(H,15,16). The Balaban J connectivity index is 2.52. The van der Waals surface area contributed by atoms with Gasteiger partial charge in [-0.25, -0.2) is 4.98 Å². The maximum atomic E-state index is 10.8. The molecular formula is C11H15N3O4. The number of aromatic nitrogens is 1. The van der Waals surface area contributed by atoms with Crippen molar-refractivity contribution < 1.29 is 19.4 Å². The van der Waals surface area contributed by atoms with Crippen LogP contribution in [0.25, 0.3) is 0 Å². The molecule has 0 aliphatic rings. The zero-order chi connectivity index (χ0) is 13.5. The first-order valence-electron chi connectivity index (χ1n) is 5.27. The number of carbonyl (C=O) groups excluding carboxylic acids is 1. The summed E-state index contributed by atoms with van der Waals surface area (Å²) in [5, 5.41) is 11.6. The van der Waals surface area contributed by atoms with Gasteiger partial charge in [-0.05, 0) is 12.1 Å². The summed E-state index contributed by atoms with van der Waals surface area (Å²) in [5.41, 5.74) is 5.39. The topological polar surface area (TPSA) is 115 Å². The molecule has 0 aromatic carbocycles. The number of rotatable bonds is 7. The number of methoxy groups -OCH3 is 1. The van der Waals surface area contributed by atoms with Crippen LogP contribution in [0.2, 0.25) is 0 Å². The van der Waals surface area contributed by atoms with E-state index in [9.17, 15) is 9.59 Å². The Morgan fingerprint density at radius 2 is 2.28 bits per heavy atom. The minimum atomic E-state index is -0.930. The Hall–Kier alpha value is -2.15. The molecular weight excluding hydrogens is 238 g/mol. The summed E-state index contributed by atoms with van der Waals surface area (Å²) in [6.45, 7) is 0.311. The number of anilines is 1. The highest BCUT2D eigenvalue weighted by molar-refractivity contribution is 5.92. The molecule has 0 aliphatic heterocycles. The molecule has 7 nitrogen and oxygen atoms in total. The molecule has 1 atom stereocenters. The molecule has 1 aromatic heterocycles. The van der Waals surface area contributed by atoms with Gasteiger partial charge in [0.25, 0.3) is 0 Å². The zero-order valence-corrected chi connectivity index (χ0v) is 9.92. The molecule has 1 aromatic rings. The highest BCUT2D eigenvalue weighted by atomic mass is 16.5. The second kappa shape index (κ2) is 6.55. The molecule has 0 saturated carbocycles. The van der Waals surface area contributed by atoms with E-state index in [0.29, 0.717) is 17.9 Å². The number of hydrogen-bond acceptors (Lipinski definition) is 5. The smallest absolute Gasteiger partial charge is 0.306 e. The van der Waals surface area contributed by atoms with E-state index in [4.69, 9.17) is 15.6 Å². The van der Waals surface area contributed by atoms with Crippen LogP contribution < -0.4 is 11.1 Å². The molecule has 1 amide bonds. The first kappa shape index (κ1) is 13.9. The Labute approximate surface area is 104 Å². The second-order valence-corrected chi connectivity index (χ2v) is 3.63. The number of nitrogens with zero attached hydrogens (tertiary/aromatic N) is 1. The number of pyridine rings is 1. The Morgan fingerprint density at radius 1 is 1.56 bits per heavy atom. The van der Waals surface area contributed by atoms with Crippen LogP contribution in [0.1, 0.15) is 16.8 Å². The van der Waals surface area contributed by atoms with Crippen LogP contribution in [0.5, 0.6) is 0 Å². The third-order valence-corrected chi connectivity index (χ3v) is 2.29. The van der Waals surface area contributed by atoms with Gasteiger partial charge in [-0.1, -0.05) is 0 Å². The second-order valence-electron chi connectivity index (χ2n) is 3.63. The molecule has 4 N–H and O–H groups in total. The number of carbonyl (C=O) groups is 2. The summed E-state index contributed by atoms with van der Waals surface area (Å²) in [5.74, 6) is -0.956. The molecule has 0 bridgehead atoms. The van der Waals surface area contributed by atoms with Gasteiger partial charge in [-0.2, -0.15) is 0 Å². The highest BCUT2D eigenvalue weighted by Gasteiger charge is 2.12. The van der Waals surface area contributed by atoms with E-state index in [1.807, 2.05) is 0 Å². The van der Waals surface area contributed by atoms with Crippen LogP contribution in [0, 0.1) is 0 Å². The van der Waals surface area contributed by atoms with Crippen molar-refractivity contribution in [3.63, 3.8) is 0 Å². The van der Waals surface area contributed by atoms with Crippen LogP contribution in [0.3, 0.4) is 0 Å². The normalized spacial score (nSPS) is 11.8. The van der Waals surface area contributed by atoms with E-state index in [2.05, 4.69) is 10.3 Å². The van der Waals surface area contributed by atoms with Gasteiger partial charge in [0.15, 0.2) is 0 Å². The van der Waals surface area contributed by atoms with E-state index in [-0.39, 0.29) is 6.42 Å². The van der Waals surface area contributed by atoms with Crippen LogP contribution in [-0.4, -0.2) is 41.7 Å². The minimum Gasteiger partial charge on any atom is -0.481 e. The van der Waals surface area contributed by atoms with Crippen molar-refractivity contribution in [3.05, 3.63) is 23.9 Å². The van der Waals surface area contributed by atoms with Crippen molar-refractivity contribution in [2.24, 2.45) is 5.73 Å². The fourth-order valence-corrected chi connectivity index (χ4v) is 1.30. The molecule has 0 radical (unpaired) electrons. The predicted octanol–water partition coefficient (Wildman–Crippen LogP) is 0.0821. The molecule has 18 heavy (non-hydrogen) atoms. The molecule has 1 heterocycles. The van der Waals surface area contributed by atoms with Gasteiger partial charge in [0.1, 0.15) is 5.82 Å². The van der Waals surface area contributed by atoms with E-state index < -0.39 is 18.0 Å². The van der Waals surface area contributed by atoms with Crippen molar-refractivity contribution in [2.75, 3.05) is 19.0 Å². The Bertz CT molecular complexity index is 419.